The van der Waals surface area contributed by atoms with Crippen molar-refractivity contribution in [3.05, 3.63) is 71.8 Å². The van der Waals surface area contributed by atoms with Gasteiger partial charge in [0.2, 0.25) is 23.6 Å². The Bertz CT molecular complexity index is 1030. The first kappa shape index (κ1) is 27.0. The number of aliphatic carboxylic acids is 1. The van der Waals surface area contributed by atoms with Gasteiger partial charge in [0.15, 0.2) is 0 Å². The topological polar surface area (TPSA) is 194 Å². The van der Waals surface area contributed by atoms with Crippen LogP contribution >= 0.6 is 0 Å². The Morgan fingerprint density at radius 3 is 1.63 bits per heavy atom. The van der Waals surface area contributed by atoms with Crippen molar-refractivity contribution in [2.75, 3.05) is 6.54 Å². The first-order valence-electron chi connectivity index (χ1n) is 10.9. The van der Waals surface area contributed by atoms with E-state index in [2.05, 4.69) is 16.0 Å². The van der Waals surface area contributed by atoms with E-state index >= 15 is 0 Å². The van der Waals surface area contributed by atoms with Crippen molar-refractivity contribution in [3.63, 3.8) is 0 Å². The Morgan fingerprint density at radius 2 is 1.17 bits per heavy atom. The van der Waals surface area contributed by atoms with E-state index in [9.17, 15) is 29.1 Å². The van der Waals surface area contributed by atoms with Crippen LogP contribution in [0, 0.1) is 0 Å². The molecule has 3 atom stereocenters. The molecule has 0 heterocycles. The number of nitrogens with two attached hydrogens (primary N) is 2. The van der Waals surface area contributed by atoms with Gasteiger partial charge in [-0.1, -0.05) is 60.7 Å². The van der Waals surface area contributed by atoms with Crippen molar-refractivity contribution in [3.8, 4) is 0 Å². The first-order valence-corrected chi connectivity index (χ1v) is 10.9. The van der Waals surface area contributed by atoms with E-state index in [4.69, 9.17) is 11.5 Å². The van der Waals surface area contributed by atoms with E-state index in [1.54, 1.807) is 60.7 Å². The van der Waals surface area contributed by atoms with Crippen LogP contribution in [0.2, 0.25) is 0 Å². The molecule has 2 aromatic rings. The zero-order valence-corrected chi connectivity index (χ0v) is 19.0. The minimum absolute atomic E-state index is 0.0116. The summed E-state index contributed by atoms with van der Waals surface area (Å²) in [5, 5.41) is 16.8. The second-order valence-corrected chi connectivity index (χ2v) is 7.83. The molecule has 35 heavy (non-hydrogen) atoms. The molecule has 0 radical (unpaired) electrons. The number of carboxylic acid groups (broad SMARTS) is 1. The molecule has 3 unspecified atom stereocenters. The quantitative estimate of drug-likeness (QED) is 0.207. The molecule has 0 saturated carbocycles. The van der Waals surface area contributed by atoms with E-state index in [1.807, 2.05) is 0 Å². The summed E-state index contributed by atoms with van der Waals surface area (Å²) in [4.78, 5) is 61.0. The molecule has 0 aliphatic heterocycles. The van der Waals surface area contributed by atoms with Gasteiger partial charge < -0.3 is 32.5 Å². The van der Waals surface area contributed by atoms with Gasteiger partial charge in [-0.2, -0.15) is 0 Å². The molecule has 0 saturated heterocycles. The molecule has 186 valence electrons. The van der Waals surface area contributed by atoms with Crippen LogP contribution in [0.15, 0.2) is 60.7 Å². The van der Waals surface area contributed by atoms with Crippen LogP contribution in [0.1, 0.15) is 17.5 Å². The van der Waals surface area contributed by atoms with Gasteiger partial charge in [0.25, 0.3) is 0 Å². The second-order valence-electron chi connectivity index (χ2n) is 7.83. The van der Waals surface area contributed by atoms with Crippen molar-refractivity contribution in [1.82, 2.24) is 16.0 Å². The number of carbonyl (C=O) groups excluding carboxylic acids is 4. The molecule has 8 N–H and O–H groups in total. The largest absolute Gasteiger partial charge is 0.480 e. The molecule has 2 aromatic carbocycles. The predicted molar refractivity (Wildman–Crippen MR) is 127 cm³/mol. The maximum Gasteiger partial charge on any atom is 0.326 e. The van der Waals surface area contributed by atoms with Crippen LogP contribution in [0.4, 0.5) is 0 Å². The number of benzene rings is 2. The van der Waals surface area contributed by atoms with Gasteiger partial charge in [-0.3, -0.25) is 19.2 Å². The van der Waals surface area contributed by atoms with Gasteiger partial charge >= 0.3 is 5.97 Å². The highest BCUT2D eigenvalue weighted by atomic mass is 16.4. The summed E-state index contributed by atoms with van der Waals surface area (Å²) in [6.07, 6.45) is -0.491. The molecule has 11 heteroatoms. The Labute approximate surface area is 202 Å². The number of hydrogen-bond acceptors (Lipinski definition) is 6. The van der Waals surface area contributed by atoms with Crippen molar-refractivity contribution < 1.29 is 29.1 Å². The Kier molecular flexibility index (Phi) is 10.4. The number of primary amides is 1. The summed E-state index contributed by atoms with van der Waals surface area (Å²) in [6, 6.07) is 13.6. The fraction of sp³-hybridized carbons (Fsp3) is 0.292. The van der Waals surface area contributed by atoms with Gasteiger partial charge in [-0.25, -0.2) is 4.79 Å². The molecule has 0 aliphatic rings. The lowest BCUT2D eigenvalue weighted by Gasteiger charge is -2.24. The highest BCUT2D eigenvalue weighted by molar-refractivity contribution is 5.96. The van der Waals surface area contributed by atoms with Gasteiger partial charge in [-0.15, -0.1) is 0 Å². The first-order chi connectivity index (χ1) is 16.7. The third-order valence-corrected chi connectivity index (χ3v) is 5.06. The van der Waals surface area contributed by atoms with E-state index in [0.717, 1.165) is 5.56 Å². The van der Waals surface area contributed by atoms with Crippen molar-refractivity contribution in [1.29, 1.82) is 0 Å². The van der Waals surface area contributed by atoms with E-state index in [0.29, 0.717) is 5.56 Å². The number of rotatable bonds is 13. The molecule has 0 aliphatic carbocycles. The fourth-order valence-electron chi connectivity index (χ4n) is 3.32. The molecule has 0 fully saturated rings. The normalized spacial score (nSPS) is 13.1. The minimum atomic E-state index is -1.45. The monoisotopic (exact) mass is 483 g/mol. The number of carboxylic acids is 1. The summed E-state index contributed by atoms with van der Waals surface area (Å²) in [6.45, 7) is -0.358. The lowest BCUT2D eigenvalue weighted by atomic mass is 10.0. The summed E-state index contributed by atoms with van der Waals surface area (Å²) in [5.74, 6) is -4.42. The molecule has 0 spiro atoms. The molecule has 2 rings (SSSR count). The fourth-order valence-corrected chi connectivity index (χ4v) is 3.32. The average molecular weight is 484 g/mol. The lowest BCUT2D eigenvalue weighted by Crippen LogP contribution is -2.57. The highest BCUT2D eigenvalue weighted by Gasteiger charge is 2.30. The third kappa shape index (κ3) is 9.26. The summed E-state index contributed by atoms with van der Waals surface area (Å²) < 4.78 is 0. The number of amides is 4. The van der Waals surface area contributed by atoms with Gasteiger partial charge in [0.05, 0.1) is 13.0 Å². The predicted octanol–water partition coefficient (Wildman–Crippen LogP) is -1.16. The Balaban J connectivity index is 2.17. The molecule has 4 amide bonds. The molecule has 11 nitrogen and oxygen atoms in total. The molecular formula is C24H29N5O6. The van der Waals surface area contributed by atoms with E-state index in [1.165, 1.54) is 0 Å². The molecule has 0 bridgehead atoms. The zero-order valence-electron chi connectivity index (χ0n) is 19.0. The van der Waals surface area contributed by atoms with Crippen LogP contribution in [-0.4, -0.2) is 59.4 Å². The standard InChI is InChI=1S/C24H29N5O6/c25-14-21(31)27-17(11-15-7-3-1-4-8-15)22(32)28-18(13-20(26)30)23(33)29-19(24(34)35)12-16-9-5-2-6-10-16/h1-10,17-19H,11-14,25H2,(H2,26,30)(H,27,31)(H,28,32)(H,29,33)(H,34,35). The number of nitrogens with one attached hydrogen (secondary N) is 3. The number of hydrogen-bond donors (Lipinski definition) is 6. The average Bonchev–Trinajstić information content (AvgIpc) is 2.83. The van der Waals surface area contributed by atoms with Crippen LogP contribution < -0.4 is 27.4 Å². The van der Waals surface area contributed by atoms with Crippen molar-refractivity contribution >= 4 is 29.6 Å². The third-order valence-electron chi connectivity index (χ3n) is 5.06. The zero-order chi connectivity index (χ0) is 25.8. The summed E-state index contributed by atoms with van der Waals surface area (Å²) in [7, 11) is 0. The van der Waals surface area contributed by atoms with Crippen LogP contribution in [0.25, 0.3) is 0 Å². The van der Waals surface area contributed by atoms with Crippen LogP contribution in [0.5, 0.6) is 0 Å². The number of carbonyl (C=O) groups is 5. The summed E-state index contributed by atoms with van der Waals surface area (Å²) in [5.41, 5.74) is 12.0. The van der Waals surface area contributed by atoms with E-state index < -0.39 is 54.1 Å². The maximum atomic E-state index is 13.0. The SMILES string of the molecule is NCC(=O)NC(Cc1ccccc1)C(=O)NC(CC(N)=O)C(=O)NC(Cc1ccccc1)C(=O)O. The van der Waals surface area contributed by atoms with Gasteiger partial charge in [0.1, 0.15) is 18.1 Å². The van der Waals surface area contributed by atoms with Crippen LogP contribution in [0.3, 0.4) is 0 Å². The van der Waals surface area contributed by atoms with Gasteiger partial charge in [-0.05, 0) is 11.1 Å². The minimum Gasteiger partial charge on any atom is -0.480 e. The lowest BCUT2D eigenvalue weighted by molar-refractivity contribution is -0.142. The van der Waals surface area contributed by atoms with Crippen molar-refractivity contribution in [2.45, 2.75) is 37.4 Å². The van der Waals surface area contributed by atoms with Crippen molar-refractivity contribution in [2.24, 2.45) is 11.5 Å². The maximum absolute atomic E-state index is 13.0. The molecule has 0 aromatic heterocycles. The van der Waals surface area contributed by atoms with Crippen LogP contribution in [-0.2, 0) is 36.8 Å². The van der Waals surface area contributed by atoms with E-state index in [-0.39, 0.29) is 19.4 Å². The highest BCUT2D eigenvalue weighted by Crippen LogP contribution is 2.07. The second kappa shape index (κ2) is 13.5. The smallest absolute Gasteiger partial charge is 0.326 e. The molecular weight excluding hydrogens is 454 g/mol. The van der Waals surface area contributed by atoms with Gasteiger partial charge in [0, 0.05) is 12.8 Å². The Hall–Kier alpha value is -4.25. The summed E-state index contributed by atoms with van der Waals surface area (Å²) >= 11 is 0. The Morgan fingerprint density at radius 1 is 0.714 bits per heavy atom.